The average Bonchev–Trinajstić information content (AvgIpc) is 2.47. The Labute approximate surface area is 121 Å². The van der Waals surface area contributed by atoms with Crippen molar-refractivity contribution in [3.8, 4) is 0 Å². The van der Waals surface area contributed by atoms with E-state index < -0.39 is 18.0 Å². The maximum atomic E-state index is 12.7. The molecule has 21 heavy (non-hydrogen) atoms. The zero-order valence-corrected chi connectivity index (χ0v) is 11.7. The Kier molecular flexibility index (Phi) is 4.69. The van der Waals surface area contributed by atoms with E-state index in [0.717, 1.165) is 0 Å². The van der Waals surface area contributed by atoms with E-state index in [4.69, 9.17) is 0 Å². The fourth-order valence-corrected chi connectivity index (χ4v) is 2.59. The van der Waals surface area contributed by atoms with Crippen LogP contribution in [0.2, 0.25) is 0 Å². The van der Waals surface area contributed by atoms with Crippen molar-refractivity contribution in [1.29, 1.82) is 0 Å². The second kappa shape index (κ2) is 6.32. The minimum absolute atomic E-state index is 0.117. The zero-order valence-electron chi connectivity index (χ0n) is 11.7. The molecule has 7 heteroatoms. The Balaban J connectivity index is 1.96. The second-order valence-corrected chi connectivity index (χ2v) is 5.27. The highest BCUT2D eigenvalue weighted by Crippen LogP contribution is 2.40. The molecule has 1 saturated carbocycles. The summed E-state index contributed by atoms with van der Waals surface area (Å²) in [4.78, 5) is 16.1. The van der Waals surface area contributed by atoms with E-state index in [-0.39, 0.29) is 18.7 Å². The fourth-order valence-electron chi connectivity index (χ4n) is 2.59. The zero-order chi connectivity index (χ0) is 15.5. The standard InChI is InChI=1S/C14H18F3N3O/c1-18-12-6-5-11(8-19-12)20-13(21)9-3-2-4-10(7-9)14(15,16)17/h5-6,8-10H,2-4,7H2,1H3,(H,18,19)(H,20,21). The lowest BCUT2D eigenvalue weighted by Crippen LogP contribution is -2.34. The van der Waals surface area contributed by atoms with Gasteiger partial charge in [0.05, 0.1) is 17.8 Å². The average molecular weight is 301 g/mol. The molecular formula is C14H18F3N3O. The van der Waals surface area contributed by atoms with Crippen LogP contribution in [0.1, 0.15) is 25.7 Å². The number of hydrogen-bond acceptors (Lipinski definition) is 3. The lowest BCUT2D eigenvalue weighted by molar-refractivity contribution is -0.185. The maximum Gasteiger partial charge on any atom is 0.391 e. The number of anilines is 2. The largest absolute Gasteiger partial charge is 0.391 e. The van der Waals surface area contributed by atoms with E-state index >= 15 is 0 Å². The van der Waals surface area contributed by atoms with Gasteiger partial charge in [-0.15, -0.1) is 0 Å². The van der Waals surface area contributed by atoms with Crippen molar-refractivity contribution >= 4 is 17.4 Å². The van der Waals surface area contributed by atoms with E-state index in [9.17, 15) is 18.0 Å². The van der Waals surface area contributed by atoms with Crippen LogP contribution in [0.25, 0.3) is 0 Å². The molecule has 0 radical (unpaired) electrons. The molecule has 1 fully saturated rings. The molecule has 2 rings (SSSR count). The van der Waals surface area contributed by atoms with Crippen LogP contribution in [0.15, 0.2) is 18.3 Å². The smallest absolute Gasteiger partial charge is 0.373 e. The molecule has 1 aromatic heterocycles. The van der Waals surface area contributed by atoms with Crippen LogP contribution in [0.3, 0.4) is 0 Å². The summed E-state index contributed by atoms with van der Waals surface area (Å²) >= 11 is 0. The lowest BCUT2D eigenvalue weighted by atomic mass is 9.80. The molecule has 116 valence electrons. The van der Waals surface area contributed by atoms with E-state index in [0.29, 0.717) is 24.3 Å². The van der Waals surface area contributed by atoms with Gasteiger partial charge in [0.25, 0.3) is 0 Å². The number of pyridine rings is 1. The first kappa shape index (κ1) is 15.6. The summed E-state index contributed by atoms with van der Waals surface area (Å²) in [6.07, 6.45) is -1.81. The Morgan fingerprint density at radius 3 is 2.67 bits per heavy atom. The van der Waals surface area contributed by atoms with Crippen LogP contribution in [0, 0.1) is 11.8 Å². The second-order valence-electron chi connectivity index (χ2n) is 5.27. The van der Waals surface area contributed by atoms with Crippen molar-refractivity contribution in [1.82, 2.24) is 4.98 Å². The first-order valence-corrected chi connectivity index (χ1v) is 6.91. The molecule has 1 aliphatic rings. The molecule has 0 bridgehead atoms. The van der Waals surface area contributed by atoms with Gasteiger partial charge in [0.2, 0.25) is 5.91 Å². The number of nitrogens with one attached hydrogen (secondary N) is 2. The lowest BCUT2D eigenvalue weighted by Gasteiger charge is -2.29. The summed E-state index contributed by atoms with van der Waals surface area (Å²) in [6, 6.07) is 3.36. The minimum Gasteiger partial charge on any atom is -0.373 e. The van der Waals surface area contributed by atoms with E-state index in [1.807, 2.05) is 0 Å². The Morgan fingerprint density at radius 1 is 1.33 bits per heavy atom. The summed E-state index contributed by atoms with van der Waals surface area (Å²) in [5.41, 5.74) is 0.494. The van der Waals surface area contributed by atoms with Gasteiger partial charge in [-0.1, -0.05) is 6.42 Å². The first-order chi connectivity index (χ1) is 9.90. The third-order valence-corrected chi connectivity index (χ3v) is 3.80. The minimum atomic E-state index is -4.21. The third kappa shape index (κ3) is 4.09. The van der Waals surface area contributed by atoms with Gasteiger partial charge in [0, 0.05) is 13.0 Å². The van der Waals surface area contributed by atoms with E-state index in [1.54, 1.807) is 19.2 Å². The van der Waals surface area contributed by atoms with Crippen LogP contribution in [-0.4, -0.2) is 24.1 Å². The number of halogens is 3. The number of rotatable bonds is 3. The predicted octanol–water partition coefficient (Wildman–Crippen LogP) is 3.43. The van der Waals surface area contributed by atoms with Crippen molar-refractivity contribution in [2.24, 2.45) is 11.8 Å². The number of amides is 1. The summed E-state index contributed by atoms with van der Waals surface area (Å²) < 4.78 is 38.2. The highest BCUT2D eigenvalue weighted by Gasteiger charge is 2.43. The number of alkyl halides is 3. The number of carbonyl (C=O) groups is 1. The summed E-state index contributed by atoms with van der Waals surface area (Å²) in [7, 11) is 1.72. The van der Waals surface area contributed by atoms with E-state index in [1.165, 1.54) is 6.20 Å². The highest BCUT2D eigenvalue weighted by molar-refractivity contribution is 5.92. The highest BCUT2D eigenvalue weighted by atomic mass is 19.4. The van der Waals surface area contributed by atoms with E-state index in [2.05, 4.69) is 15.6 Å². The predicted molar refractivity (Wildman–Crippen MR) is 73.9 cm³/mol. The van der Waals surface area contributed by atoms with Gasteiger partial charge in [-0.05, 0) is 31.4 Å². The normalized spacial score (nSPS) is 22.7. The molecule has 1 amide bonds. The molecule has 2 N–H and O–H groups in total. The number of aromatic nitrogens is 1. The number of hydrogen-bond donors (Lipinski definition) is 2. The molecular weight excluding hydrogens is 283 g/mol. The van der Waals surface area contributed by atoms with Crippen LogP contribution >= 0.6 is 0 Å². The van der Waals surface area contributed by atoms with Crippen molar-refractivity contribution in [2.75, 3.05) is 17.7 Å². The molecule has 4 nitrogen and oxygen atoms in total. The van der Waals surface area contributed by atoms with Gasteiger partial charge in [-0.2, -0.15) is 13.2 Å². The van der Waals surface area contributed by atoms with Gasteiger partial charge in [-0.25, -0.2) is 4.98 Å². The maximum absolute atomic E-state index is 12.7. The molecule has 0 spiro atoms. The fraction of sp³-hybridized carbons (Fsp3) is 0.571. The van der Waals surface area contributed by atoms with Gasteiger partial charge in [-0.3, -0.25) is 4.79 Å². The summed E-state index contributed by atoms with van der Waals surface area (Å²) in [6.45, 7) is 0. The third-order valence-electron chi connectivity index (χ3n) is 3.80. The van der Waals surface area contributed by atoms with Crippen LogP contribution in [0.4, 0.5) is 24.7 Å². The molecule has 2 unspecified atom stereocenters. The van der Waals surface area contributed by atoms with Gasteiger partial charge < -0.3 is 10.6 Å². The molecule has 1 aliphatic carbocycles. The first-order valence-electron chi connectivity index (χ1n) is 6.91. The quantitative estimate of drug-likeness (QED) is 0.899. The van der Waals surface area contributed by atoms with Crippen molar-refractivity contribution in [2.45, 2.75) is 31.9 Å². The van der Waals surface area contributed by atoms with Crippen molar-refractivity contribution < 1.29 is 18.0 Å². The number of nitrogens with zero attached hydrogens (tertiary/aromatic N) is 1. The van der Waals surface area contributed by atoms with Crippen LogP contribution in [0.5, 0.6) is 0 Å². The number of carbonyl (C=O) groups excluding carboxylic acids is 1. The monoisotopic (exact) mass is 301 g/mol. The Morgan fingerprint density at radius 2 is 2.10 bits per heavy atom. The SMILES string of the molecule is CNc1ccc(NC(=O)C2CCCC(C(F)(F)F)C2)cn1. The molecule has 0 saturated heterocycles. The van der Waals surface area contributed by atoms with Gasteiger partial charge >= 0.3 is 6.18 Å². The van der Waals surface area contributed by atoms with Crippen LogP contribution in [-0.2, 0) is 4.79 Å². The molecule has 2 atom stereocenters. The summed E-state index contributed by atoms with van der Waals surface area (Å²) in [5.74, 6) is -1.66. The Hall–Kier alpha value is -1.79. The molecule has 0 aromatic carbocycles. The molecule has 0 aliphatic heterocycles. The van der Waals surface area contributed by atoms with Crippen molar-refractivity contribution in [3.63, 3.8) is 0 Å². The molecule has 1 heterocycles. The molecule has 1 aromatic rings. The summed E-state index contributed by atoms with van der Waals surface area (Å²) in [5, 5.41) is 5.48. The van der Waals surface area contributed by atoms with Gasteiger partial charge in [0.15, 0.2) is 0 Å². The van der Waals surface area contributed by atoms with Gasteiger partial charge in [0.1, 0.15) is 5.82 Å². The Bertz CT molecular complexity index is 487. The van der Waals surface area contributed by atoms with Crippen LogP contribution < -0.4 is 10.6 Å². The topological polar surface area (TPSA) is 54.0 Å². The van der Waals surface area contributed by atoms with Crippen molar-refractivity contribution in [3.05, 3.63) is 18.3 Å².